The standard InChI is InChI=1S/C14H8ClF3O/c15-13-2-1-9(16)7-12(13)14(19)5-8-3-10(17)6-11(18)4-8/h1-4,6-7H,5H2. The SMILES string of the molecule is O=C(Cc1cc(F)cc(F)c1)c1cc(F)ccc1Cl. The van der Waals surface area contributed by atoms with Crippen molar-refractivity contribution in [3.63, 3.8) is 0 Å². The largest absolute Gasteiger partial charge is 0.294 e. The van der Waals surface area contributed by atoms with Crippen molar-refractivity contribution in [2.45, 2.75) is 6.42 Å². The van der Waals surface area contributed by atoms with Crippen LogP contribution in [-0.2, 0) is 6.42 Å². The van der Waals surface area contributed by atoms with E-state index >= 15 is 0 Å². The predicted octanol–water partition coefficient (Wildman–Crippen LogP) is 4.18. The van der Waals surface area contributed by atoms with Crippen LogP contribution in [0.4, 0.5) is 13.2 Å². The van der Waals surface area contributed by atoms with Gasteiger partial charge in [0.2, 0.25) is 0 Å². The van der Waals surface area contributed by atoms with E-state index < -0.39 is 23.2 Å². The van der Waals surface area contributed by atoms with Crippen molar-refractivity contribution in [2.24, 2.45) is 0 Å². The number of Topliss-reactive ketones (excluding diaryl/α,β-unsaturated/α-hetero) is 1. The van der Waals surface area contributed by atoms with Gasteiger partial charge in [-0.1, -0.05) is 11.6 Å². The molecule has 0 unspecified atom stereocenters. The first-order valence-electron chi connectivity index (χ1n) is 5.39. The van der Waals surface area contributed by atoms with E-state index in [1.807, 2.05) is 0 Å². The fourth-order valence-electron chi connectivity index (χ4n) is 1.70. The maximum atomic E-state index is 13.0. The summed E-state index contributed by atoms with van der Waals surface area (Å²) < 4.78 is 39.0. The van der Waals surface area contributed by atoms with Gasteiger partial charge in [0.15, 0.2) is 5.78 Å². The van der Waals surface area contributed by atoms with Crippen LogP contribution in [0.25, 0.3) is 0 Å². The van der Waals surface area contributed by atoms with Gasteiger partial charge in [-0.2, -0.15) is 0 Å². The van der Waals surface area contributed by atoms with Crippen LogP contribution in [0.5, 0.6) is 0 Å². The highest BCUT2D eigenvalue weighted by molar-refractivity contribution is 6.34. The van der Waals surface area contributed by atoms with E-state index in [1.54, 1.807) is 0 Å². The van der Waals surface area contributed by atoms with Gasteiger partial charge in [0, 0.05) is 18.1 Å². The van der Waals surface area contributed by atoms with Crippen LogP contribution in [0.15, 0.2) is 36.4 Å². The average molecular weight is 285 g/mol. The van der Waals surface area contributed by atoms with Crippen LogP contribution < -0.4 is 0 Å². The number of ketones is 1. The second-order valence-electron chi connectivity index (χ2n) is 4.00. The molecule has 0 aliphatic carbocycles. The lowest BCUT2D eigenvalue weighted by Gasteiger charge is -2.04. The van der Waals surface area contributed by atoms with E-state index in [9.17, 15) is 18.0 Å². The van der Waals surface area contributed by atoms with Gasteiger partial charge in [0.25, 0.3) is 0 Å². The van der Waals surface area contributed by atoms with Gasteiger partial charge in [-0.25, -0.2) is 13.2 Å². The second-order valence-corrected chi connectivity index (χ2v) is 4.41. The summed E-state index contributed by atoms with van der Waals surface area (Å²) in [5.74, 6) is -2.64. The van der Waals surface area contributed by atoms with Gasteiger partial charge in [-0.3, -0.25) is 4.79 Å². The Hall–Kier alpha value is -1.81. The topological polar surface area (TPSA) is 17.1 Å². The molecular weight excluding hydrogens is 277 g/mol. The average Bonchev–Trinajstić information content (AvgIpc) is 2.30. The minimum atomic E-state index is -0.770. The van der Waals surface area contributed by atoms with Crippen LogP contribution in [0.3, 0.4) is 0 Å². The molecule has 0 radical (unpaired) electrons. The fraction of sp³-hybridized carbons (Fsp3) is 0.0714. The van der Waals surface area contributed by atoms with Crippen LogP contribution in [0.2, 0.25) is 5.02 Å². The van der Waals surface area contributed by atoms with Crippen molar-refractivity contribution >= 4 is 17.4 Å². The highest BCUT2D eigenvalue weighted by atomic mass is 35.5. The Bertz CT molecular complexity index is 620. The molecule has 0 fully saturated rings. The lowest BCUT2D eigenvalue weighted by molar-refractivity contribution is 0.0992. The molecule has 2 aromatic rings. The molecule has 5 heteroatoms. The van der Waals surface area contributed by atoms with Crippen LogP contribution in [0.1, 0.15) is 15.9 Å². The first kappa shape index (κ1) is 13.6. The van der Waals surface area contributed by atoms with Crippen molar-refractivity contribution in [3.05, 3.63) is 70.0 Å². The summed E-state index contributed by atoms with van der Waals surface area (Å²) in [6.45, 7) is 0. The second kappa shape index (κ2) is 5.45. The van der Waals surface area contributed by atoms with Crippen LogP contribution in [-0.4, -0.2) is 5.78 Å². The van der Waals surface area contributed by atoms with Gasteiger partial charge in [0.05, 0.1) is 5.02 Å². The van der Waals surface area contributed by atoms with E-state index in [0.717, 1.165) is 24.3 Å². The van der Waals surface area contributed by atoms with Gasteiger partial charge >= 0.3 is 0 Å². The zero-order valence-corrected chi connectivity index (χ0v) is 10.3. The summed E-state index contributed by atoms with van der Waals surface area (Å²) in [6, 6.07) is 6.20. The Morgan fingerprint density at radius 3 is 2.21 bits per heavy atom. The third-order valence-corrected chi connectivity index (χ3v) is 2.85. The van der Waals surface area contributed by atoms with Crippen molar-refractivity contribution in [3.8, 4) is 0 Å². The normalized spacial score (nSPS) is 10.5. The number of benzene rings is 2. The monoisotopic (exact) mass is 284 g/mol. The molecule has 0 aliphatic heterocycles. The molecule has 98 valence electrons. The Kier molecular flexibility index (Phi) is 3.90. The molecule has 0 atom stereocenters. The smallest absolute Gasteiger partial charge is 0.168 e. The van der Waals surface area contributed by atoms with Gasteiger partial charge in [-0.05, 0) is 35.9 Å². The zero-order chi connectivity index (χ0) is 14.0. The van der Waals surface area contributed by atoms with Gasteiger partial charge in [0.1, 0.15) is 17.5 Å². The number of rotatable bonds is 3. The molecule has 0 aliphatic rings. The molecule has 0 heterocycles. The van der Waals surface area contributed by atoms with Gasteiger partial charge < -0.3 is 0 Å². The van der Waals surface area contributed by atoms with Crippen molar-refractivity contribution in [2.75, 3.05) is 0 Å². The summed E-state index contributed by atoms with van der Waals surface area (Å²) in [5.41, 5.74) is 0.161. The van der Waals surface area contributed by atoms with Gasteiger partial charge in [-0.15, -0.1) is 0 Å². The minimum absolute atomic E-state index is 0.00802. The predicted molar refractivity (Wildman–Crippen MR) is 65.8 cm³/mol. The van der Waals surface area contributed by atoms with E-state index in [4.69, 9.17) is 11.6 Å². The quantitative estimate of drug-likeness (QED) is 0.773. The third-order valence-electron chi connectivity index (χ3n) is 2.52. The number of carbonyl (C=O) groups is 1. The molecule has 0 saturated carbocycles. The van der Waals surface area contributed by atoms with E-state index in [1.165, 1.54) is 6.07 Å². The molecule has 0 spiro atoms. The summed E-state index contributed by atoms with van der Waals surface area (Å²) in [6.07, 6.45) is -0.252. The number of hydrogen-bond acceptors (Lipinski definition) is 1. The van der Waals surface area contributed by atoms with Crippen molar-refractivity contribution < 1.29 is 18.0 Å². The summed E-state index contributed by atoms with van der Waals surface area (Å²) in [5, 5.41) is 0.100. The van der Waals surface area contributed by atoms with E-state index in [0.29, 0.717) is 6.07 Å². The summed E-state index contributed by atoms with van der Waals surface area (Å²) in [7, 11) is 0. The van der Waals surface area contributed by atoms with Crippen molar-refractivity contribution in [1.29, 1.82) is 0 Å². The molecule has 2 rings (SSSR count). The summed E-state index contributed by atoms with van der Waals surface area (Å²) >= 11 is 5.78. The Morgan fingerprint density at radius 1 is 0.947 bits per heavy atom. The molecule has 1 nitrogen and oxygen atoms in total. The molecular formula is C14H8ClF3O. The van der Waals surface area contributed by atoms with E-state index in [2.05, 4.69) is 0 Å². The van der Waals surface area contributed by atoms with Crippen LogP contribution in [0, 0.1) is 17.5 Å². The first-order chi connectivity index (χ1) is 8.95. The highest BCUT2D eigenvalue weighted by Gasteiger charge is 2.13. The maximum Gasteiger partial charge on any atom is 0.168 e. The maximum absolute atomic E-state index is 13.0. The number of halogens is 4. The lowest BCUT2D eigenvalue weighted by atomic mass is 10.0. The molecule has 0 aromatic heterocycles. The molecule has 0 amide bonds. The molecule has 0 bridgehead atoms. The lowest BCUT2D eigenvalue weighted by Crippen LogP contribution is -2.05. The highest BCUT2D eigenvalue weighted by Crippen LogP contribution is 2.20. The molecule has 0 saturated heterocycles. The Balaban J connectivity index is 2.28. The third kappa shape index (κ3) is 3.35. The zero-order valence-electron chi connectivity index (χ0n) is 9.59. The molecule has 0 N–H and O–H groups in total. The Labute approximate surface area is 112 Å². The molecule has 2 aromatic carbocycles. The molecule has 19 heavy (non-hydrogen) atoms. The van der Waals surface area contributed by atoms with Crippen LogP contribution >= 0.6 is 11.6 Å². The van der Waals surface area contributed by atoms with Crippen molar-refractivity contribution in [1.82, 2.24) is 0 Å². The fourth-order valence-corrected chi connectivity index (χ4v) is 1.93. The first-order valence-corrected chi connectivity index (χ1v) is 5.77. The number of hydrogen-bond donors (Lipinski definition) is 0. The minimum Gasteiger partial charge on any atom is -0.294 e. The Morgan fingerprint density at radius 2 is 1.58 bits per heavy atom. The van der Waals surface area contributed by atoms with E-state index in [-0.39, 0.29) is 22.6 Å². The summed E-state index contributed by atoms with van der Waals surface area (Å²) in [4.78, 5) is 11.9. The number of carbonyl (C=O) groups excluding carboxylic acids is 1.